The van der Waals surface area contributed by atoms with Crippen LogP contribution in [0.3, 0.4) is 0 Å². The molecule has 0 aliphatic carbocycles. The monoisotopic (exact) mass is 486 g/mol. The lowest BCUT2D eigenvalue weighted by atomic mass is 9.99. The maximum Gasteiger partial charge on any atom is 0.254 e. The number of benzene rings is 1. The molecule has 0 saturated carbocycles. The van der Waals surface area contributed by atoms with Crippen LogP contribution in [0.25, 0.3) is 16.9 Å². The van der Waals surface area contributed by atoms with Crippen molar-refractivity contribution in [2.24, 2.45) is 0 Å². The Morgan fingerprint density at radius 1 is 1.25 bits per heavy atom. The number of amides is 1. The predicted molar refractivity (Wildman–Crippen MR) is 135 cm³/mol. The summed E-state index contributed by atoms with van der Waals surface area (Å²) in [7, 11) is 4.04. The number of hydrogen-bond acceptors (Lipinski definition) is 6. The molecule has 3 aromatic heterocycles. The highest BCUT2D eigenvalue weighted by molar-refractivity contribution is 6.06. The van der Waals surface area contributed by atoms with Crippen LogP contribution < -0.4 is 10.6 Å². The van der Waals surface area contributed by atoms with Gasteiger partial charge in [0.05, 0.1) is 34.9 Å². The number of anilines is 2. The van der Waals surface area contributed by atoms with Gasteiger partial charge >= 0.3 is 0 Å². The lowest BCUT2D eigenvalue weighted by molar-refractivity contribution is 0.0966. The number of carbonyl (C=O) groups is 1. The van der Waals surface area contributed by atoms with E-state index in [9.17, 15) is 9.18 Å². The summed E-state index contributed by atoms with van der Waals surface area (Å²) >= 11 is 0. The van der Waals surface area contributed by atoms with Gasteiger partial charge in [0.2, 0.25) is 0 Å². The minimum atomic E-state index is -0.340. The summed E-state index contributed by atoms with van der Waals surface area (Å²) in [5.74, 6) is 0.195. The lowest BCUT2D eigenvalue weighted by Crippen LogP contribution is -2.16. The molecule has 36 heavy (non-hydrogen) atoms. The predicted octanol–water partition coefficient (Wildman–Crippen LogP) is 4.44. The SMILES string of the molecule is CN(C)Cc1nc(Nc2ccc(-c3cnc4cc(F)ccn34)c3c2C(=O)NC3)ccc1C1CCCO1. The maximum absolute atomic E-state index is 13.7. The van der Waals surface area contributed by atoms with E-state index in [1.165, 1.54) is 12.1 Å². The van der Waals surface area contributed by atoms with Crippen LogP contribution in [-0.2, 0) is 17.8 Å². The number of aromatic nitrogens is 3. The van der Waals surface area contributed by atoms with Crippen molar-refractivity contribution in [1.29, 1.82) is 0 Å². The van der Waals surface area contributed by atoms with E-state index in [0.717, 1.165) is 47.5 Å². The average Bonchev–Trinajstić information content (AvgIpc) is 3.60. The standard InChI is InChI=1S/C27H27FN6O2/c1-33(2)15-21-18(23-4-3-11-36-23)6-8-24(32-21)31-20-7-5-17(19-13-30-27(35)26(19)20)22-14-29-25-12-16(28)9-10-34(22)25/h5-10,12,14,23H,3-4,11,13,15H2,1-2H3,(H,30,35)(H,31,32). The lowest BCUT2D eigenvalue weighted by Gasteiger charge is -2.19. The van der Waals surface area contributed by atoms with Crippen molar-refractivity contribution in [2.75, 3.05) is 26.0 Å². The molecule has 184 valence electrons. The van der Waals surface area contributed by atoms with Crippen molar-refractivity contribution in [2.45, 2.75) is 32.0 Å². The van der Waals surface area contributed by atoms with Crippen molar-refractivity contribution < 1.29 is 13.9 Å². The van der Waals surface area contributed by atoms with Gasteiger partial charge < -0.3 is 20.3 Å². The number of fused-ring (bicyclic) bond motifs is 2. The largest absolute Gasteiger partial charge is 0.373 e. The Labute approximate surface area is 208 Å². The number of imidazole rings is 1. The highest BCUT2D eigenvalue weighted by atomic mass is 19.1. The third-order valence-electron chi connectivity index (χ3n) is 6.73. The number of ether oxygens (including phenoxy) is 1. The van der Waals surface area contributed by atoms with Crippen molar-refractivity contribution in [3.05, 3.63) is 77.0 Å². The van der Waals surface area contributed by atoms with Gasteiger partial charge in [0.15, 0.2) is 0 Å². The van der Waals surface area contributed by atoms with E-state index < -0.39 is 0 Å². The molecule has 0 spiro atoms. The number of halogens is 1. The molecule has 4 aromatic rings. The molecule has 0 radical (unpaired) electrons. The van der Waals surface area contributed by atoms with Gasteiger partial charge in [0, 0.05) is 43.1 Å². The molecule has 6 rings (SSSR count). The van der Waals surface area contributed by atoms with Crippen LogP contribution >= 0.6 is 0 Å². The summed E-state index contributed by atoms with van der Waals surface area (Å²) in [4.78, 5) is 24.2. The van der Waals surface area contributed by atoms with E-state index in [1.807, 2.05) is 36.7 Å². The number of rotatable bonds is 6. The first-order valence-corrected chi connectivity index (χ1v) is 12.1. The molecule has 1 fully saturated rings. The van der Waals surface area contributed by atoms with Crippen LogP contribution in [0.15, 0.2) is 48.8 Å². The van der Waals surface area contributed by atoms with Crippen molar-refractivity contribution in [3.8, 4) is 11.3 Å². The fraction of sp³-hybridized carbons (Fsp3) is 0.296. The Morgan fingerprint density at radius 3 is 2.94 bits per heavy atom. The van der Waals surface area contributed by atoms with Gasteiger partial charge in [-0.1, -0.05) is 12.1 Å². The molecule has 0 bridgehead atoms. The Kier molecular flexibility index (Phi) is 5.66. The van der Waals surface area contributed by atoms with E-state index in [4.69, 9.17) is 9.72 Å². The summed E-state index contributed by atoms with van der Waals surface area (Å²) in [6, 6.07) is 10.7. The van der Waals surface area contributed by atoms with E-state index in [1.54, 1.807) is 12.4 Å². The summed E-state index contributed by atoms with van der Waals surface area (Å²) in [5, 5.41) is 6.32. The van der Waals surface area contributed by atoms with Crippen LogP contribution in [0.4, 0.5) is 15.9 Å². The topological polar surface area (TPSA) is 83.8 Å². The second-order valence-corrected chi connectivity index (χ2v) is 9.51. The fourth-order valence-electron chi connectivity index (χ4n) is 5.11. The number of carbonyl (C=O) groups excluding carboxylic acids is 1. The van der Waals surface area contributed by atoms with E-state index in [-0.39, 0.29) is 17.8 Å². The maximum atomic E-state index is 13.7. The zero-order valence-electron chi connectivity index (χ0n) is 20.2. The van der Waals surface area contributed by atoms with E-state index in [2.05, 4.69) is 26.6 Å². The molecule has 5 heterocycles. The normalized spacial score (nSPS) is 17.1. The summed E-state index contributed by atoms with van der Waals surface area (Å²) in [6.07, 6.45) is 5.50. The van der Waals surface area contributed by atoms with Crippen molar-refractivity contribution in [3.63, 3.8) is 0 Å². The third-order valence-corrected chi connectivity index (χ3v) is 6.73. The molecule has 8 nitrogen and oxygen atoms in total. The van der Waals surface area contributed by atoms with Gasteiger partial charge in [-0.15, -0.1) is 0 Å². The molecule has 2 aliphatic heterocycles. The van der Waals surface area contributed by atoms with E-state index in [0.29, 0.717) is 35.8 Å². The molecule has 1 unspecified atom stereocenters. The van der Waals surface area contributed by atoms with Crippen molar-refractivity contribution >= 4 is 23.1 Å². The molecular formula is C27H27FN6O2. The van der Waals surface area contributed by atoms with Crippen molar-refractivity contribution in [1.82, 2.24) is 24.6 Å². The first kappa shape index (κ1) is 22.6. The number of pyridine rings is 2. The smallest absolute Gasteiger partial charge is 0.254 e. The van der Waals surface area contributed by atoms with Gasteiger partial charge in [-0.2, -0.15) is 0 Å². The first-order valence-electron chi connectivity index (χ1n) is 12.1. The average molecular weight is 487 g/mol. The quantitative estimate of drug-likeness (QED) is 0.419. The molecule has 2 N–H and O–H groups in total. The second-order valence-electron chi connectivity index (χ2n) is 9.51. The number of nitrogens with zero attached hydrogens (tertiary/aromatic N) is 4. The highest BCUT2D eigenvalue weighted by Crippen LogP contribution is 2.36. The molecule has 1 atom stereocenters. The molecule has 1 amide bonds. The van der Waals surface area contributed by atoms with Gasteiger partial charge in [0.1, 0.15) is 17.3 Å². The number of nitrogens with one attached hydrogen (secondary N) is 2. The van der Waals surface area contributed by atoms with Gasteiger partial charge in [-0.05, 0) is 50.7 Å². The molecule has 1 saturated heterocycles. The summed E-state index contributed by atoms with van der Waals surface area (Å²) in [6.45, 7) is 1.88. The number of hydrogen-bond donors (Lipinski definition) is 2. The highest BCUT2D eigenvalue weighted by Gasteiger charge is 2.28. The van der Waals surface area contributed by atoms with Crippen LogP contribution in [0.1, 0.15) is 46.1 Å². The Morgan fingerprint density at radius 2 is 2.14 bits per heavy atom. The Bertz CT molecular complexity index is 1470. The Balaban J connectivity index is 1.38. The minimum absolute atomic E-state index is 0.0785. The zero-order chi connectivity index (χ0) is 24.8. The van der Waals surface area contributed by atoms with Crippen LogP contribution in [0.2, 0.25) is 0 Å². The third kappa shape index (κ3) is 4.00. The zero-order valence-corrected chi connectivity index (χ0v) is 20.2. The molecule has 2 aliphatic rings. The van der Waals surface area contributed by atoms with Crippen LogP contribution in [0.5, 0.6) is 0 Å². The van der Waals surface area contributed by atoms with Gasteiger partial charge in [-0.25, -0.2) is 14.4 Å². The van der Waals surface area contributed by atoms with E-state index >= 15 is 0 Å². The second kappa shape index (κ2) is 9.00. The van der Waals surface area contributed by atoms with Crippen LogP contribution in [-0.4, -0.2) is 45.9 Å². The van der Waals surface area contributed by atoms with Crippen LogP contribution in [0, 0.1) is 5.82 Å². The molecular weight excluding hydrogens is 459 g/mol. The first-order chi connectivity index (χ1) is 17.5. The Hall–Kier alpha value is -3.82. The fourth-order valence-corrected chi connectivity index (χ4v) is 5.11. The molecule has 1 aromatic carbocycles. The van der Waals surface area contributed by atoms with Gasteiger partial charge in [-0.3, -0.25) is 9.20 Å². The molecule has 9 heteroatoms. The minimum Gasteiger partial charge on any atom is -0.373 e. The van der Waals surface area contributed by atoms with Gasteiger partial charge in [0.25, 0.3) is 5.91 Å². The summed E-state index contributed by atoms with van der Waals surface area (Å²) < 4.78 is 21.4. The summed E-state index contributed by atoms with van der Waals surface area (Å²) in [5.41, 5.74) is 6.43.